The SMILES string of the molecule is O=C(c1ccccc1)c1nn(-c2ccccc2)n[n+]1S(=O)(=O)[O-]. The molecule has 0 radical (unpaired) electrons. The van der Waals surface area contributed by atoms with E-state index in [1.165, 1.54) is 12.1 Å². The molecule has 0 aliphatic rings. The molecule has 1 heterocycles. The molecule has 0 saturated carbocycles. The molecular weight excluding hydrogens is 320 g/mol. The van der Waals surface area contributed by atoms with Crippen LogP contribution < -0.4 is 4.09 Å². The van der Waals surface area contributed by atoms with E-state index in [9.17, 15) is 17.8 Å². The van der Waals surface area contributed by atoms with E-state index in [2.05, 4.69) is 10.3 Å². The van der Waals surface area contributed by atoms with Crippen LogP contribution in [0.4, 0.5) is 0 Å². The van der Waals surface area contributed by atoms with Crippen molar-refractivity contribution in [2.24, 2.45) is 0 Å². The van der Waals surface area contributed by atoms with Gasteiger partial charge in [0.2, 0.25) is 0 Å². The summed E-state index contributed by atoms with van der Waals surface area (Å²) in [6, 6.07) is 16.3. The van der Waals surface area contributed by atoms with Crippen LogP contribution in [0.5, 0.6) is 0 Å². The summed E-state index contributed by atoms with van der Waals surface area (Å²) < 4.78 is 34.2. The molecule has 0 fully saturated rings. The lowest BCUT2D eigenvalue weighted by Gasteiger charge is -2.01. The molecule has 23 heavy (non-hydrogen) atoms. The Balaban J connectivity index is 2.16. The van der Waals surface area contributed by atoms with Gasteiger partial charge in [-0.25, -0.2) is 8.42 Å². The van der Waals surface area contributed by atoms with Crippen molar-refractivity contribution in [2.75, 3.05) is 0 Å². The number of aromatic nitrogens is 4. The second kappa shape index (κ2) is 5.71. The minimum atomic E-state index is -5.02. The quantitative estimate of drug-likeness (QED) is 0.381. The molecular formula is C14H10N4O4S. The van der Waals surface area contributed by atoms with Gasteiger partial charge in [0.25, 0.3) is 16.1 Å². The van der Waals surface area contributed by atoms with Crippen LogP contribution in [0.2, 0.25) is 0 Å². The summed E-state index contributed by atoms with van der Waals surface area (Å²) in [5.74, 6) is -1.29. The molecule has 116 valence electrons. The molecule has 0 spiro atoms. The summed E-state index contributed by atoms with van der Waals surface area (Å²) in [6.07, 6.45) is 0. The van der Waals surface area contributed by atoms with Crippen molar-refractivity contribution >= 4 is 16.1 Å². The zero-order valence-electron chi connectivity index (χ0n) is 11.6. The van der Waals surface area contributed by atoms with E-state index in [0.717, 1.165) is 4.80 Å². The molecule has 0 unspecified atom stereocenters. The van der Waals surface area contributed by atoms with Crippen LogP contribution in [0, 0.1) is 0 Å². The molecule has 3 aromatic rings. The van der Waals surface area contributed by atoms with Gasteiger partial charge >= 0.3 is 5.82 Å². The van der Waals surface area contributed by atoms with E-state index < -0.39 is 21.9 Å². The fourth-order valence-corrected chi connectivity index (χ4v) is 2.43. The fraction of sp³-hybridized carbons (Fsp3) is 0. The van der Waals surface area contributed by atoms with Gasteiger partial charge in [0.1, 0.15) is 0 Å². The van der Waals surface area contributed by atoms with Crippen molar-refractivity contribution in [3.05, 3.63) is 72.1 Å². The molecule has 2 aromatic carbocycles. The highest BCUT2D eigenvalue weighted by atomic mass is 32.2. The predicted octanol–water partition coefficient (Wildman–Crippen LogP) is 0.0941. The summed E-state index contributed by atoms with van der Waals surface area (Å²) in [4.78, 5) is 13.3. The Hall–Kier alpha value is -2.91. The van der Waals surface area contributed by atoms with Gasteiger partial charge in [0.05, 0.1) is 10.3 Å². The molecule has 0 N–H and O–H groups in total. The van der Waals surface area contributed by atoms with Crippen molar-refractivity contribution in [3.8, 4) is 5.69 Å². The first-order valence-corrected chi connectivity index (χ1v) is 7.84. The monoisotopic (exact) mass is 330 g/mol. The third-order valence-corrected chi connectivity index (χ3v) is 3.64. The molecule has 0 aliphatic heterocycles. The summed E-state index contributed by atoms with van der Waals surface area (Å²) >= 11 is 0. The molecule has 8 nitrogen and oxygen atoms in total. The standard InChI is InChI=1S/C14H10N4O4S/c19-13(11-7-3-1-4-8-11)14-15-17(12-9-5-2-6-10-12)16-18(14)23(20,21)22/h1-10H. The molecule has 3 rings (SSSR count). The average molecular weight is 330 g/mol. The summed E-state index contributed by atoms with van der Waals surface area (Å²) in [5.41, 5.74) is 0.613. The van der Waals surface area contributed by atoms with Gasteiger partial charge in [-0.05, 0) is 16.2 Å². The number of hydrogen-bond donors (Lipinski definition) is 0. The van der Waals surface area contributed by atoms with Gasteiger partial charge in [0.15, 0.2) is 5.69 Å². The Labute approximate surface area is 131 Å². The summed E-state index contributed by atoms with van der Waals surface area (Å²) in [6.45, 7) is 0. The Morgan fingerprint density at radius 1 is 1.00 bits per heavy atom. The lowest BCUT2D eigenvalue weighted by molar-refractivity contribution is -0.591. The lowest BCUT2D eigenvalue weighted by atomic mass is 10.1. The highest BCUT2D eigenvalue weighted by molar-refractivity contribution is 7.78. The second-order valence-electron chi connectivity index (χ2n) is 4.53. The number of hydrogen-bond acceptors (Lipinski definition) is 6. The summed E-state index contributed by atoms with van der Waals surface area (Å²) in [5, 5.41) is 7.46. The van der Waals surface area contributed by atoms with Gasteiger partial charge in [-0.2, -0.15) is 0 Å². The molecule has 1 aromatic heterocycles. The number of ketones is 1. The molecule has 0 aliphatic carbocycles. The van der Waals surface area contributed by atoms with Crippen LogP contribution >= 0.6 is 0 Å². The van der Waals surface area contributed by atoms with Crippen molar-refractivity contribution in [1.29, 1.82) is 0 Å². The minimum absolute atomic E-state index is 0.0926. The van der Waals surface area contributed by atoms with Crippen LogP contribution in [0.1, 0.15) is 16.2 Å². The Morgan fingerprint density at radius 2 is 1.57 bits per heavy atom. The first-order valence-electron chi connectivity index (χ1n) is 6.48. The first-order chi connectivity index (χ1) is 11.0. The van der Waals surface area contributed by atoms with E-state index in [4.69, 9.17) is 0 Å². The van der Waals surface area contributed by atoms with E-state index >= 15 is 0 Å². The smallest absolute Gasteiger partial charge is 0.385 e. The molecule has 0 amide bonds. The molecule has 0 saturated heterocycles. The number of rotatable bonds is 4. The Kier molecular flexibility index (Phi) is 3.72. The number of para-hydroxylation sites is 1. The van der Waals surface area contributed by atoms with Crippen LogP contribution in [0.3, 0.4) is 0 Å². The van der Waals surface area contributed by atoms with Crippen LogP contribution in [-0.4, -0.2) is 33.9 Å². The predicted molar refractivity (Wildman–Crippen MR) is 76.5 cm³/mol. The molecule has 0 bridgehead atoms. The van der Waals surface area contributed by atoms with E-state index in [1.54, 1.807) is 48.5 Å². The topological polar surface area (TPSA) is 109 Å². The van der Waals surface area contributed by atoms with Gasteiger partial charge < -0.3 is 4.55 Å². The van der Waals surface area contributed by atoms with Crippen LogP contribution in [0.25, 0.3) is 5.69 Å². The van der Waals surface area contributed by atoms with E-state index in [1.807, 2.05) is 0 Å². The van der Waals surface area contributed by atoms with Crippen molar-refractivity contribution in [2.45, 2.75) is 0 Å². The third kappa shape index (κ3) is 3.00. The second-order valence-corrected chi connectivity index (χ2v) is 5.74. The summed E-state index contributed by atoms with van der Waals surface area (Å²) in [7, 11) is -5.02. The lowest BCUT2D eigenvalue weighted by Crippen LogP contribution is -2.49. The van der Waals surface area contributed by atoms with Gasteiger partial charge in [-0.3, -0.25) is 4.79 Å². The van der Waals surface area contributed by atoms with E-state index in [0.29, 0.717) is 5.69 Å². The zero-order valence-corrected chi connectivity index (χ0v) is 12.4. The highest BCUT2D eigenvalue weighted by Crippen LogP contribution is 2.07. The number of nitrogens with zero attached hydrogens (tertiary/aromatic N) is 4. The van der Waals surface area contributed by atoms with Crippen molar-refractivity contribution < 1.29 is 21.9 Å². The third-order valence-electron chi connectivity index (χ3n) is 2.97. The molecule has 0 atom stereocenters. The Morgan fingerprint density at radius 3 is 2.13 bits per heavy atom. The fourth-order valence-electron chi connectivity index (χ4n) is 1.94. The zero-order chi connectivity index (χ0) is 16.4. The van der Waals surface area contributed by atoms with Gasteiger partial charge in [0, 0.05) is 10.4 Å². The number of carbonyl (C=O) groups excluding carboxylic acids is 1. The number of tetrazole rings is 1. The van der Waals surface area contributed by atoms with Crippen LogP contribution in [-0.2, 0) is 10.3 Å². The number of carbonyl (C=O) groups is 1. The van der Waals surface area contributed by atoms with Crippen molar-refractivity contribution in [3.63, 3.8) is 0 Å². The molecule has 9 heteroatoms. The Bertz CT molecular complexity index is 953. The van der Waals surface area contributed by atoms with Gasteiger partial charge in [-0.15, -0.1) is 0 Å². The highest BCUT2D eigenvalue weighted by Gasteiger charge is 2.31. The van der Waals surface area contributed by atoms with Crippen LogP contribution in [0.15, 0.2) is 60.7 Å². The normalized spacial score (nSPS) is 11.3. The number of benzene rings is 2. The largest absolute Gasteiger partial charge is 0.717 e. The minimum Gasteiger partial charge on any atom is -0.717 e. The van der Waals surface area contributed by atoms with E-state index in [-0.39, 0.29) is 9.65 Å². The maximum absolute atomic E-state index is 12.4. The average Bonchev–Trinajstić information content (AvgIpc) is 3.01. The van der Waals surface area contributed by atoms with Gasteiger partial charge in [-0.1, -0.05) is 48.5 Å². The maximum atomic E-state index is 12.4. The van der Waals surface area contributed by atoms with Crippen molar-refractivity contribution in [1.82, 2.24) is 15.1 Å². The first kappa shape index (κ1) is 15.0. The maximum Gasteiger partial charge on any atom is 0.385 e.